The highest BCUT2D eigenvalue weighted by Crippen LogP contribution is 2.17. The molecule has 0 aromatic heterocycles. The summed E-state index contributed by atoms with van der Waals surface area (Å²) in [6.45, 7) is 4.95. The van der Waals surface area contributed by atoms with Crippen LogP contribution in [0.3, 0.4) is 0 Å². The highest BCUT2D eigenvalue weighted by Gasteiger charge is 2.11. The molecule has 0 aliphatic carbocycles. The number of hydrazine groups is 1. The third kappa shape index (κ3) is 4.07. The quantitative estimate of drug-likeness (QED) is 0.767. The van der Waals surface area contributed by atoms with Gasteiger partial charge in [0.2, 0.25) is 0 Å². The van der Waals surface area contributed by atoms with E-state index in [1.54, 1.807) is 19.1 Å². The number of carbonyl (C=O) groups excluding carboxylic acids is 1. The van der Waals surface area contributed by atoms with Gasteiger partial charge in [-0.15, -0.1) is 0 Å². The van der Waals surface area contributed by atoms with Crippen molar-refractivity contribution in [1.82, 2.24) is 10.4 Å². The molecular weight excluding hydrogens is 214 g/mol. The van der Waals surface area contributed by atoms with Crippen LogP contribution in [0.5, 0.6) is 0 Å². The van der Waals surface area contributed by atoms with Gasteiger partial charge in [0.15, 0.2) is 0 Å². The van der Waals surface area contributed by atoms with Gasteiger partial charge in [0.1, 0.15) is 0 Å². The Labute approximate surface area is 103 Å². The van der Waals surface area contributed by atoms with Crippen molar-refractivity contribution in [2.24, 2.45) is 0 Å². The predicted molar refractivity (Wildman–Crippen MR) is 71.1 cm³/mol. The SMILES string of the molecule is CCCNc1ccc(C)cc1C(=O)NN(C)C. The van der Waals surface area contributed by atoms with Crippen molar-refractivity contribution in [1.29, 1.82) is 0 Å². The Bertz CT molecular complexity index is 388. The number of hydrogen-bond acceptors (Lipinski definition) is 3. The standard InChI is InChI=1S/C13H21N3O/c1-5-8-14-12-7-6-10(2)9-11(12)13(17)15-16(3)4/h6-7,9,14H,5,8H2,1-4H3,(H,15,17). The number of hydrogen-bond donors (Lipinski definition) is 2. The minimum atomic E-state index is -0.0858. The van der Waals surface area contributed by atoms with Gasteiger partial charge in [-0.3, -0.25) is 10.2 Å². The Balaban J connectivity index is 2.93. The average molecular weight is 235 g/mol. The van der Waals surface area contributed by atoms with Crippen molar-refractivity contribution in [2.75, 3.05) is 26.0 Å². The van der Waals surface area contributed by atoms with Gasteiger partial charge in [-0.25, -0.2) is 5.01 Å². The van der Waals surface area contributed by atoms with Crippen LogP contribution < -0.4 is 10.7 Å². The molecule has 17 heavy (non-hydrogen) atoms. The molecule has 0 bridgehead atoms. The molecule has 0 spiro atoms. The van der Waals surface area contributed by atoms with Gasteiger partial charge < -0.3 is 5.32 Å². The van der Waals surface area contributed by atoms with Gasteiger partial charge in [0, 0.05) is 26.3 Å². The highest BCUT2D eigenvalue weighted by molar-refractivity contribution is 5.99. The summed E-state index contributed by atoms with van der Waals surface area (Å²) in [5.41, 5.74) is 5.41. The fraction of sp³-hybridized carbons (Fsp3) is 0.462. The first-order chi connectivity index (χ1) is 8.04. The van der Waals surface area contributed by atoms with E-state index in [2.05, 4.69) is 17.7 Å². The normalized spacial score (nSPS) is 10.4. The van der Waals surface area contributed by atoms with E-state index in [4.69, 9.17) is 0 Å². The highest BCUT2D eigenvalue weighted by atomic mass is 16.2. The lowest BCUT2D eigenvalue weighted by atomic mass is 10.1. The van der Waals surface area contributed by atoms with Crippen LogP contribution in [0.4, 0.5) is 5.69 Å². The summed E-state index contributed by atoms with van der Waals surface area (Å²) >= 11 is 0. The van der Waals surface area contributed by atoms with Crippen LogP contribution in [-0.4, -0.2) is 31.6 Å². The average Bonchev–Trinajstić information content (AvgIpc) is 2.26. The number of carbonyl (C=O) groups is 1. The number of anilines is 1. The Morgan fingerprint density at radius 2 is 2.06 bits per heavy atom. The first-order valence-electron chi connectivity index (χ1n) is 5.87. The van der Waals surface area contributed by atoms with E-state index in [9.17, 15) is 4.79 Å². The molecule has 4 nitrogen and oxygen atoms in total. The van der Waals surface area contributed by atoms with Crippen molar-refractivity contribution < 1.29 is 4.79 Å². The number of benzene rings is 1. The third-order valence-corrected chi connectivity index (χ3v) is 2.31. The summed E-state index contributed by atoms with van der Waals surface area (Å²) < 4.78 is 0. The summed E-state index contributed by atoms with van der Waals surface area (Å²) in [6, 6.07) is 5.86. The molecule has 0 fully saturated rings. The molecule has 0 aliphatic heterocycles. The van der Waals surface area contributed by atoms with Crippen LogP contribution in [0.2, 0.25) is 0 Å². The van der Waals surface area contributed by atoms with Crippen LogP contribution in [0.25, 0.3) is 0 Å². The van der Waals surface area contributed by atoms with Crippen molar-refractivity contribution in [3.8, 4) is 0 Å². The third-order valence-electron chi connectivity index (χ3n) is 2.31. The topological polar surface area (TPSA) is 44.4 Å². The van der Waals surface area contributed by atoms with E-state index in [1.807, 2.05) is 25.1 Å². The molecule has 1 amide bonds. The zero-order chi connectivity index (χ0) is 12.8. The number of rotatable bonds is 5. The number of amides is 1. The maximum Gasteiger partial charge on any atom is 0.267 e. The van der Waals surface area contributed by atoms with Crippen LogP contribution in [-0.2, 0) is 0 Å². The molecule has 2 N–H and O–H groups in total. The molecule has 1 aromatic carbocycles. The van der Waals surface area contributed by atoms with E-state index in [0.29, 0.717) is 5.56 Å². The Kier molecular flexibility index (Phi) is 4.97. The van der Waals surface area contributed by atoms with Gasteiger partial charge in [0.05, 0.1) is 5.56 Å². The van der Waals surface area contributed by atoms with Gasteiger partial charge in [0.25, 0.3) is 5.91 Å². The Hall–Kier alpha value is -1.55. The second-order valence-electron chi connectivity index (χ2n) is 4.31. The molecule has 1 aromatic rings. The molecular formula is C13H21N3O. The van der Waals surface area contributed by atoms with Crippen LogP contribution in [0.15, 0.2) is 18.2 Å². The van der Waals surface area contributed by atoms with Gasteiger partial charge in [-0.1, -0.05) is 18.6 Å². The lowest BCUT2D eigenvalue weighted by Crippen LogP contribution is -2.36. The second kappa shape index (κ2) is 6.25. The molecule has 0 saturated heterocycles. The predicted octanol–water partition coefficient (Wildman–Crippen LogP) is 2.02. The van der Waals surface area contributed by atoms with E-state index in [-0.39, 0.29) is 5.91 Å². The molecule has 4 heteroatoms. The van der Waals surface area contributed by atoms with E-state index < -0.39 is 0 Å². The zero-order valence-electron chi connectivity index (χ0n) is 11.0. The van der Waals surface area contributed by atoms with Crippen LogP contribution in [0, 0.1) is 6.92 Å². The number of aryl methyl sites for hydroxylation is 1. The minimum Gasteiger partial charge on any atom is -0.384 e. The zero-order valence-corrected chi connectivity index (χ0v) is 11.0. The fourth-order valence-corrected chi connectivity index (χ4v) is 1.52. The summed E-state index contributed by atoms with van der Waals surface area (Å²) in [7, 11) is 3.60. The number of nitrogens with zero attached hydrogens (tertiary/aromatic N) is 1. The van der Waals surface area contributed by atoms with Crippen molar-refractivity contribution >= 4 is 11.6 Å². The first kappa shape index (κ1) is 13.5. The summed E-state index contributed by atoms with van der Waals surface area (Å²) in [6.07, 6.45) is 1.03. The molecule has 0 atom stereocenters. The van der Waals surface area contributed by atoms with Crippen molar-refractivity contribution in [3.63, 3.8) is 0 Å². The Morgan fingerprint density at radius 3 is 2.65 bits per heavy atom. The summed E-state index contributed by atoms with van der Waals surface area (Å²) in [5, 5.41) is 4.91. The molecule has 0 saturated carbocycles. The van der Waals surface area contributed by atoms with E-state index in [1.165, 1.54) is 0 Å². The molecule has 0 radical (unpaired) electrons. The van der Waals surface area contributed by atoms with Gasteiger partial charge in [-0.2, -0.15) is 0 Å². The summed E-state index contributed by atoms with van der Waals surface area (Å²) in [5.74, 6) is -0.0858. The smallest absolute Gasteiger partial charge is 0.267 e. The van der Waals surface area contributed by atoms with E-state index in [0.717, 1.165) is 24.2 Å². The van der Waals surface area contributed by atoms with Crippen LogP contribution in [0.1, 0.15) is 29.3 Å². The van der Waals surface area contributed by atoms with Gasteiger partial charge >= 0.3 is 0 Å². The van der Waals surface area contributed by atoms with Crippen molar-refractivity contribution in [2.45, 2.75) is 20.3 Å². The Morgan fingerprint density at radius 1 is 1.35 bits per heavy atom. The fourth-order valence-electron chi connectivity index (χ4n) is 1.52. The monoisotopic (exact) mass is 235 g/mol. The number of nitrogens with one attached hydrogen (secondary N) is 2. The lowest BCUT2D eigenvalue weighted by Gasteiger charge is -2.15. The maximum atomic E-state index is 12.0. The minimum absolute atomic E-state index is 0.0858. The maximum absolute atomic E-state index is 12.0. The second-order valence-corrected chi connectivity index (χ2v) is 4.31. The largest absolute Gasteiger partial charge is 0.384 e. The van der Waals surface area contributed by atoms with Crippen LogP contribution >= 0.6 is 0 Å². The van der Waals surface area contributed by atoms with Gasteiger partial charge in [-0.05, 0) is 25.5 Å². The molecule has 1 rings (SSSR count). The lowest BCUT2D eigenvalue weighted by molar-refractivity contribution is 0.0857. The molecule has 0 heterocycles. The van der Waals surface area contributed by atoms with Crippen molar-refractivity contribution in [3.05, 3.63) is 29.3 Å². The molecule has 94 valence electrons. The molecule has 0 aliphatic rings. The van der Waals surface area contributed by atoms with E-state index >= 15 is 0 Å². The molecule has 0 unspecified atom stereocenters. The summed E-state index contributed by atoms with van der Waals surface area (Å²) in [4.78, 5) is 12.0. The first-order valence-corrected chi connectivity index (χ1v) is 5.87.